The molecule has 2 heterocycles. The molecule has 2 amide bonds. The monoisotopic (exact) mass is 412 g/mol. The number of aromatic nitrogens is 2. The summed E-state index contributed by atoms with van der Waals surface area (Å²) < 4.78 is 7.58. The van der Waals surface area contributed by atoms with E-state index in [1.54, 1.807) is 42.6 Å². The van der Waals surface area contributed by atoms with Crippen molar-refractivity contribution in [2.75, 3.05) is 5.32 Å². The quantitative estimate of drug-likeness (QED) is 0.596. The molecular formula is C21H24N4O3S. The van der Waals surface area contributed by atoms with Crippen molar-refractivity contribution in [3.05, 3.63) is 65.9 Å². The molecule has 0 atom stereocenters. The van der Waals surface area contributed by atoms with Gasteiger partial charge in [0.25, 0.3) is 11.8 Å². The number of thioether (sulfide) groups is 1. The molecule has 152 valence electrons. The molecule has 0 aliphatic rings. The SMILES string of the molecule is Cn1ccnc1SCc1ccc(C(=O)Nc2ccccc2C(=O)NC(C)(C)C)o1. The lowest BCUT2D eigenvalue weighted by atomic mass is 10.1. The highest BCUT2D eigenvalue weighted by Gasteiger charge is 2.20. The van der Waals surface area contributed by atoms with Gasteiger partial charge in [-0.2, -0.15) is 0 Å². The first-order valence-corrected chi connectivity index (χ1v) is 10.1. The van der Waals surface area contributed by atoms with Gasteiger partial charge in [0, 0.05) is 25.0 Å². The van der Waals surface area contributed by atoms with E-state index in [1.165, 1.54) is 11.8 Å². The van der Waals surface area contributed by atoms with Gasteiger partial charge in [0.2, 0.25) is 0 Å². The van der Waals surface area contributed by atoms with Crippen molar-refractivity contribution in [1.29, 1.82) is 0 Å². The number of amides is 2. The van der Waals surface area contributed by atoms with Gasteiger partial charge in [-0.3, -0.25) is 9.59 Å². The fraction of sp³-hybridized carbons (Fsp3) is 0.286. The zero-order valence-electron chi connectivity index (χ0n) is 16.9. The number of anilines is 1. The fourth-order valence-electron chi connectivity index (χ4n) is 2.59. The molecule has 0 spiro atoms. The van der Waals surface area contributed by atoms with Crippen LogP contribution in [0.3, 0.4) is 0 Å². The third kappa shape index (κ3) is 5.51. The standard InChI is InChI=1S/C21H24N4O3S/c1-21(2,3)24-18(26)15-7-5-6-8-16(15)23-19(27)17-10-9-14(28-17)13-29-20-22-11-12-25(20)4/h5-12H,13H2,1-4H3,(H,23,27)(H,24,26). The Balaban J connectivity index is 1.67. The Morgan fingerprint density at radius 3 is 2.59 bits per heavy atom. The molecule has 2 aromatic heterocycles. The molecule has 3 aromatic rings. The van der Waals surface area contributed by atoms with Crippen LogP contribution in [0.5, 0.6) is 0 Å². The Kier molecular flexibility index (Phi) is 6.12. The summed E-state index contributed by atoms with van der Waals surface area (Å²) in [5.41, 5.74) is 0.446. The maximum absolute atomic E-state index is 12.6. The molecular weight excluding hydrogens is 388 g/mol. The van der Waals surface area contributed by atoms with E-state index in [9.17, 15) is 9.59 Å². The average Bonchev–Trinajstić information content (AvgIpc) is 3.28. The van der Waals surface area contributed by atoms with Gasteiger partial charge >= 0.3 is 0 Å². The molecule has 0 aliphatic carbocycles. The van der Waals surface area contributed by atoms with Crippen molar-refractivity contribution in [1.82, 2.24) is 14.9 Å². The van der Waals surface area contributed by atoms with Crippen LogP contribution in [0.2, 0.25) is 0 Å². The summed E-state index contributed by atoms with van der Waals surface area (Å²) in [6.45, 7) is 5.71. The Morgan fingerprint density at radius 2 is 1.90 bits per heavy atom. The lowest BCUT2D eigenvalue weighted by Crippen LogP contribution is -2.40. The fourth-order valence-corrected chi connectivity index (χ4v) is 3.41. The van der Waals surface area contributed by atoms with Crippen LogP contribution in [-0.4, -0.2) is 26.9 Å². The molecule has 1 aromatic carbocycles. The van der Waals surface area contributed by atoms with Crippen molar-refractivity contribution >= 4 is 29.3 Å². The highest BCUT2D eigenvalue weighted by Crippen LogP contribution is 2.23. The predicted molar refractivity (Wildman–Crippen MR) is 113 cm³/mol. The third-order valence-electron chi connectivity index (χ3n) is 3.91. The zero-order chi connectivity index (χ0) is 21.0. The molecule has 3 rings (SSSR count). The summed E-state index contributed by atoms with van der Waals surface area (Å²) in [5.74, 6) is 0.755. The van der Waals surface area contributed by atoms with E-state index in [-0.39, 0.29) is 17.2 Å². The molecule has 29 heavy (non-hydrogen) atoms. The van der Waals surface area contributed by atoms with Crippen molar-refractivity contribution < 1.29 is 14.0 Å². The van der Waals surface area contributed by atoms with Crippen LogP contribution >= 0.6 is 11.8 Å². The molecule has 8 heteroatoms. The zero-order valence-corrected chi connectivity index (χ0v) is 17.7. The number of para-hydroxylation sites is 1. The number of rotatable bonds is 6. The van der Waals surface area contributed by atoms with Crippen LogP contribution in [0.25, 0.3) is 0 Å². The minimum atomic E-state index is -0.408. The van der Waals surface area contributed by atoms with Crippen LogP contribution in [0.1, 0.15) is 47.4 Å². The van der Waals surface area contributed by atoms with Crippen LogP contribution < -0.4 is 10.6 Å². The largest absolute Gasteiger partial charge is 0.455 e. The van der Waals surface area contributed by atoms with Crippen molar-refractivity contribution in [3.63, 3.8) is 0 Å². The molecule has 2 N–H and O–H groups in total. The Hall–Kier alpha value is -3.00. The first-order valence-electron chi connectivity index (χ1n) is 9.15. The molecule has 0 aliphatic heterocycles. The van der Waals surface area contributed by atoms with Gasteiger partial charge in [-0.1, -0.05) is 23.9 Å². The number of carbonyl (C=O) groups is 2. The highest BCUT2D eigenvalue weighted by atomic mass is 32.2. The summed E-state index contributed by atoms with van der Waals surface area (Å²) in [6.07, 6.45) is 3.60. The molecule has 0 saturated carbocycles. The number of furan rings is 1. The van der Waals surface area contributed by atoms with E-state index >= 15 is 0 Å². The second-order valence-electron chi connectivity index (χ2n) is 7.58. The topological polar surface area (TPSA) is 89.2 Å². The molecule has 7 nitrogen and oxygen atoms in total. The maximum atomic E-state index is 12.6. The normalized spacial score (nSPS) is 11.3. The van der Waals surface area contributed by atoms with Gasteiger partial charge in [-0.05, 0) is 45.0 Å². The number of carbonyl (C=O) groups excluding carboxylic acids is 2. The lowest BCUT2D eigenvalue weighted by molar-refractivity contribution is 0.0920. The molecule has 0 saturated heterocycles. The molecule has 0 radical (unpaired) electrons. The maximum Gasteiger partial charge on any atom is 0.291 e. The van der Waals surface area contributed by atoms with Crippen LogP contribution in [0, 0.1) is 0 Å². The smallest absolute Gasteiger partial charge is 0.291 e. The number of nitrogens with zero attached hydrogens (tertiary/aromatic N) is 2. The van der Waals surface area contributed by atoms with Crippen molar-refractivity contribution in [3.8, 4) is 0 Å². The van der Waals surface area contributed by atoms with Crippen molar-refractivity contribution in [2.24, 2.45) is 7.05 Å². The van der Waals surface area contributed by atoms with E-state index in [2.05, 4.69) is 15.6 Å². The second kappa shape index (κ2) is 8.57. The number of benzene rings is 1. The summed E-state index contributed by atoms with van der Waals surface area (Å²) in [4.78, 5) is 29.4. The van der Waals surface area contributed by atoms with E-state index in [1.807, 2.05) is 38.6 Å². The van der Waals surface area contributed by atoms with Crippen molar-refractivity contribution in [2.45, 2.75) is 37.2 Å². The van der Waals surface area contributed by atoms with Gasteiger partial charge in [-0.15, -0.1) is 0 Å². The Morgan fingerprint density at radius 1 is 1.14 bits per heavy atom. The predicted octanol–water partition coefficient (Wildman–Crippen LogP) is 4.09. The van der Waals surface area contributed by atoms with E-state index < -0.39 is 5.91 Å². The molecule has 0 bridgehead atoms. The number of aryl methyl sites for hydroxylation is 1. The van der Waals surface area contributed by atoms with E-state index in [0.29, 0.717) is 22.8 Å². The Bertz CT molecular complexity index is 1020. The average molecular weight is 413 g/mol. The summed E-state index contributed by atoms with van der Waals surface area (Å²) >= 11 is 1.52. The van der Waals surface area contributed by atoms with E-state index in [4.69, 9.17) is 4.42 Å². The van der Waals surface area contributed by atoms with Gasteiger partial charge in [0.05, 0.1) is 17.0 Å². The van der Waals surface area contributed by atoms with Gasteiger partial charge in [0.1, 0.15) is 5.76 Å². The summed E-state index contributed by atoms with van der Waals surface area (Å²) in [5, 5.41) is 6.54. The minimum Gasteiger partial charge on any atom is -0.455 e. The number of hydrogen-bond donors (Lipinski definition) is 2. The summed E-state index contributed by atoms with van der Waals surface area (Å²) in [6, 6.07) is 10.3. The van der Waals surface area contributed by atoms with Crippen LogP contribution in [0.15, 0.2) is 58.4 Å². The summed E-state index contributed by atoms with van der Waals surface area (Å²) in [7, 11) is 1.92. The third-order valence-corrected chi connectivity index (χ3v) is 4.99. The first-order chi connectivity index (χ1) is 13.7. The lowest BCUT2D eigenvalue weighted by Gasteiger charge is -2.21. The van der Waals surface area contributed by atoms with Crippen LogP contribution in [-0.2, 0) is 12.8 Å². The van der Waals surface area contributed by atoms with Gasteiger partial charge in [0.15, 0.2) is 10.9 Å². The van der Waals surface area contributed by atoms with E-state index in [0.717, 1.165) is 5.16 Å². The Labute approximate surface area is 173 Å². The molecule has 0 fully saturated rings. The second-order valence-corrected chi connectivity index (χ2v) is 8.52. The highest BCUT2D eigenvalue weighted by molar-refractivity contribution is 7.98. The molecule has 0 unspecified atom stereocenters. The minimum absolute atomic E-state index is 0.187. The first kappa shape index (κ1) is 20.7. The van der Waals surface area contributed by atoms with Gasteiger partial charge < -0.3 is 19.6 Å². The number of imidazole rings is 1. The van der Waals surface area contributed by atoms with Crippen LogP contribution in [0.4, 0.5) is 5.69 Å². The number of hydrogen-bond acceptors (Lipinski definition) is 5. The van der Waals surface area contributed by atoms with Gasteiger partial charge in [-0.25, -0.2) is 4.98 Å². The number of nitrogens with one attached hydrogen (secondary N) is 2.